The Morgan fingerprint density at radius 1 is 1.35 bits per heavy atom. The monoisotopic (exact) mass is 232 g/mol. The lowest BCUT2D eigenvalue weighted by molar-refractivity contribution is 0.757. The predicted molar refractivity (Wildman–Crippen MR) is 67.2 cm³/mol. The van der Waals surface area contributed by atoms with Crippen LogP contribution in [-0.2, 0) is 0 Å². The third-order valence-electron chi connectivity index (χ3n) is 2.42. The van der Waals surface area contributed by atoms with Crippen LogP contribution in [0.4, 0.5) is 11.8 Å². The van der Waals surface area contributed by atoms with E-state index in [1.165, 1.54) is 0 Å². The van der Waals surface area contributed by atoms with E-state index in [0.717, 1.165) is 5.69 Å². The Bertz CT molecular complexity index is 516. The number of anilines is 2. The maximum absolute atomic E-state index is 5.64. The van der Waals surface area contributed by atoms with E-state index < -0.39 is 0 Å². The molecule has 3 N–H and O–H groups in total. The van der Waals surface area contributed by atoms with E-state index in [1.807, 2.05) is 12.3 Å². The van der Waals surface area contributed by atoms with Gasteiger partial charge in [-0.1, -0.05) is 13.8 Å². The Morgan fingerprint density at radius 2 is 2.12 bits per heavy atom. The third kappa shape index (κ3) is 2.35. The van der Waals surface area contributed by atoms with Crippen LogP contribution in [0.3, 0.4) is 0 Å². The molecule has 2 aromatic heterocycles. The van der Waals surface area contributed by atoms with Gasteiger partial charge in [-0.05, 0) is 12.0 Å². The molecule has 17 heavy (non-hydrogen) atoms. The summed E-state index contributed by atoms with van der Waals surface area (Å²) in [4.78, 5) is 8.19. The first-order valence-electron chi connectivity index (χ1n) is 5.48. The molecule has 90 valence electrons. The van der Waals surface area contributed by atoms with Gasteiger partial charge in [0.25, 0.3) is 0 Å². The molecule has 0 aliphatic carbocycles. The zero-order valence-corrected chi connectivity index (χ0v) is 10.2. The van der Waals surface area contributed by atoms with Gasteiger partial charge in [0.05, 0.1) is 5.69 Å². The van der Waals surface area contributed by atoms with Crippen LogP contribution >= 0.6 is 0 Å². The highest BCUT2D eigenvalue weighted by molar-refractivity contribution is 5.44. The molecule has 0 radical (unpaired) electrons. The van der Waals surface area contributed by atoms with Crippen molar-refractivity contribution in [2.24, 2.45) is 0 Å². The molecule has 0 saturated heterocycles. The molecular weight excluding hydrogens is 216 g/mol. The molecule has 0 aliphatic rings. The maximum atomic E-state index is 5.64. The average Bonchev–Trinajstić information content (AvgIpc) is 2.77. The topological polar surface area (TPSA) is 81.7 Å². The molecule has 0 aliphatic heterocycles. The Kier molecular flexibility index (Phi) is 2.95. The van der Waals surface area contributed by atoms with Crippen molar-refractivity contribution >= 4 is 11.8 Å². The third-order valence-corrected chi connectivity index (χ3v) is 2.42. The molecule has 0 spiro atoms. The SMILES string of the molecule is CNc1cc(-n2ccc(C(C)C)n2)nc(N)n1. The highest BCUT2D eigenvalue weighted by Gasteiger charge is 2.07. The highest BCUT2D eigenvalue weighted by atomic mass is 15.3. The molecule has 6 nitrogen and oxygen atoms in total. The van der Waals surface area contributed by atoms with Crippen LogP contribution in [0.5, 0.6) is 0 Å². The first-order chi connectivity index (χ1) is 8.10. The summed E-state index contributed by atoms with van der Waals surface area (Å²) in [7, 11) is 1.79. The van der Waals surface area contributed by atoms with Crippen molar-refractivity contribution in [3.63, 3.8) is 0 Å². The zero-order valence-electron chi connectivity index (χ0n) is 10.2. The van der Waals surface area contributed by atoms with Gasteiger partial charge in [-0.3, -0.25) is 0 Å². The largest absolute Gasteiger partial charge is 0.373 e. The summed E-state index contributed by atoms with van der Waals surface area (Å²) in [5.74, 6) is 1.95. The minimum atomic E-state index is 0.230. The normalized spacial score (nSPS) is 10.8. The zero-order chi connectivity index (χ0) is 12.4. The Balaban J connectivity index is 2.41. The first kappa shape index (κ1) is 11.4. The van der Waals surface area contributed by atoms with E-state index >= 15 is 0 Å². The number of hydrogen-bond acceptors (Lipinski definition) is 5. The Morgan fingerprint density at radius 3 is 2.71 bits per heavy atom. The number of nitrogens with one attached hydrogen (secondary N) is 1. The fourth-order valence-corrected chi connectivity index (χ4v) is 1.47. The minimum Gasteiger partial charge on any atom is -0.373 e. The standard InChI is InChI=1S/C11H16N6/c1-7(2)8-4-5-17(16-8)10-6-9(13-3)14-11(12)15-10/h4-7H,1-3H3,(H3,12,13,14,15). The van der Waals surface area contributed by atoms with E-state index in [0.29, 0.717) is 17.6 Å². The molecule has 2 aromatic rings. The van der Waals surface area contributed by atoms with E-state index in [-0.39, 0.29) is 5.95 Å². The lowest BCUT2D eigenvalue weighted by Gasteiger charge is -2.05. The Labute approximate surface area is 99.9 Å². The molecule has 2 heterocycles. The summed E-state index contributed by atoms with van der Waals surface area (Å²) in [6, 6.07) is 3.77. The number of rotatable bonds is 3. The molecule has 0 unspecified atom stereocenters. The number of aromatic nitrogens is 4. The van der Waals surface area contributed by atoms with Crippen LogP contribution in [0.1, 0.15) is 25.5 Å². The molecule has 0 amide bonds. The van der Waals surface area contributed by atoms with Crippen LogP contribution in [0.15, 0.2) is 18.3 Å². The maximum Gasteiger partial charge on any atom is 0.224 e. The summed E-state index contributed by atoms with van der Waals surface area (Å²) < 4.78 is 1.70. The molecular formula is C11H16N6. The number of nitrogens with two attached hydrogens (primary N) is 1. The lowest BCUT2D eigenvalue weighted by atomic mass is 10.1. The van der Waals surface area contributed by atoms with Crippen LogP contribution in [0.25, 0.3) is 5.82 Å². The quantitative estimate of drug-likeness (QED) is 0.836. The number of nitrogens with zero attached hydrogens (tertiary/aromatic N) is 4. The summed E-state index contributed by atoms with van der Waals surface area (Å²) in [6.45, 7) is 4.19. The summed E-state index contributed by atoms with van der Waals surface area (Å²) in [5, 5.41) is 7.37. The van der Waals surface area contributed by atoms with Gasteiger partial charge in [0.2, 0.25) is 5.95 Å². The van der Waals surface area contributed by atoms with E-state index in [1.54, 1.807) is 17.8 Å². The summed E-state index contributed by atoms with van der Waals surface area (Å²) >= 11 is 0. The van der Waals surface area contributed by atoms with Gasteiger partial charge < -0.3 is 11.1 Å². The van der Waals surface area contributed by atoms with Gasteiger partial charge in [-0.15, -0.1) is 0 Å². The van der Waals surface area contributed by atoms with E-state index in [9.17, 15) is 0 Å². The van der Waals surface area contributed by atoms with Crippen LogP contribution in [0, 0.1) is 0 Å². The molecule has 0 bridgehead atoms. The first-order valence-corrected chi connectivity index (χ1v) is 5.48. The van der Waals surface area contributed by atoms with Crippen LogP contribution < -0.4 is 11.1 Å². The fraction of sp³-hybridized carbons (Fsp3) is 0.364. The highest BCUT2D eigenvalue weighted by Crippen LogP contribution is 2.15. The molecule has 6 heteroatoms. The second-order valence-corrected chi connectivity index (χ2v) is 4.06. The van der Waals surface area contributed by atoms with Gasteiger partial charge in [0, 0.05) is 19.3 Å². The number of nitrogen functional groups attached to an aromatic ring is 1. The van der Waals surface area contributed by atoms with Crippen molar-refractivity contribution in [3.05, 3.63) is 24.0 Å². The van der Waals surface area contributed by atoms with Gasteiger partial charge >= 0.3 is 0 Å². The van der Waals surface area contributed by atoms with Crippen molar-refractivity contribution in [2.75, 3.05) is 18.1 Å². The van der Waals surface area contributed by atoms with Gasteiger partial charge in [-0.25, -0.2) is 4.68 Å². The van der Waals surface area contributed by atoms with Crippen LogP contribution in [0.2, 0.25) is 0 Å². The molecule has 0 fully saturated rings. The Hall–Kier alpha value is -2.11. The van der Waals surface area contributed by atoms with Crippen molar-refractivity contribution < 1.29 is 0 Å². The van der Waals surface area contributed by atoms with E-state index in [2.05, 4.69) is 34.2 Å². The number of hydrogen-bond donors (Lipinski definition) is 2. The fourth-order valence-electron chi connectivity index (χ4n) is 1.47. The van der Waals surface area contributed by atoms with E-state index in [4.69, 9.17) is 5.73 Å². The molecule has 0 saturated carbocycles. The van der Waals surface area contributed by atoms with Crippen LogP contribution in [-0.4, -0.2) is 26.8 Å². The molecule has 2 rings (SSSR count). The van der Waals surface area contributed by atoms with Gasteiger partial charge in [-0.2, -0.15) is 15.1 Å². The minimum absolute atomic E-state index is 0.230. The molecule has 0 atom stereocenters. The summed E-state index contributed by atoms with van der Waals surface area (Å²) in [5.41, 5.74) is 6.66. The second-order valence-electron chi connectivity index (χ2n) is 4.06. The summed E-state index contributed by atoms with van der Waals surface area (Å²) in [6.07, 6.45) is 1.87. The van der Waals surface area contributed by atoms with Crippen molar-refractivity contribution in [2.45, 2.75) is 19.8 Å². The van der Waals surface area contributed by atoms with Gasteiger partial charge in [0.15, 0.2) is 5.82 Å². The van der Waals surface area contributed by atoms with Crippen molar-refractivity contribution in [1.29, 1.82) is 0 Å². The smallest absolute Gasteiger partial charge is 0.224 e. The average molecular weight is 232 g/mol. The predicted octanol–water partition coefficient (Wildman–Crippen LogP) is 1.41. The second kappa shape index (κ2) is 4.40. The lowest BCUT2D eigenvalue weighted by Crippen LogP contribution is -2.06. The van der Waals surface area contributed by atoms with Crippen molar-refractivity contribution in [1.82, 2.24) is 19.7 Å². The molecule has 0 aromatic carbocycles. The van der Waals surface area contributed by atoms with Gasteiger partial charge in [0.1, 0.15) is 5.82 Å². The van der Waals surface area contributed by atoms with Crippen molar-refractivity contribution in [3.8, 4) is 5.82 Å².